The Hall–Kier alpha value is -1.68. The number of halogens is 1. The van der Waals surface area contributed by atoms with Crippen LogP contribution in [0.3, 0.4) is 0 Å². The standard InChI is InChI=1S/C13H15FN2O/c1-3-13(2,17)10-8-15-16(9-10)12-7-5-4-6-11(12)14/h4-9,17H,3H2,1-2H3. The van der Waals surface area contributed by atoms with Crippen LogP contribution in [-0.2, 0) is 5.60 Å². The van der Waals surface area contributed by atoms with Gasteiger partial charge in [0.25, 0.3) is 0 Å². The maximum Gasteiger partial charge on any atom is 0.148 e. The summed E-state index contributed by atoms with van der Waals surface area (Å²) in [7, 11) is 0. The van der Waals surface area contributed by atoms with Crippen molar-refractivity contribution in [2.45, 2.75) is 25.9 Å². The molecule has 1 heterocycles. The molecular formula is C13H15FN2O. The van der Waals surface area contributed by atoms with Gasteiger partial charge in [-0.15, -0.1) is 0 Å². The first-order chi connectivity index (χ1) is 8.04. The van der Waals surface area contributed by atoms with E-state index >= 15 is 0 Å². The Morgan fingerprint density at radius 2 is 2.12 bits per heavy atom. The molecule has 0 aliphatic carbocycles. The van der Waals surface area contributed by atoms with Crippen molar-refractivity contribution in [1.29, 1.82) is 0 Å². The minimum absolute atomic E-state index is 0.335. The molecule has 0 saturated carbocycles. The van der Waals surface area contributed by atoms with Crippen molar-refractivity contribution in [1.82, 2.24) is 9.78 Å². The van der Waals surface area contributed by atoms with Crippen LogP contribution < -0.4 is 0 Å². The van der Waals surface area contributed by atoms with Crippen LogP contribution in [0.4, 0.5) is 4.39 Å². The number of benzene rings is 1. The molecule has 0 bridgehead atoms. The van der Waals surface area contributed by atoms with E-state index in [-0.39, 0.29) is 5.82 Å². The normalized spacial score (nSPS) is 14.6. The van der Waals surface area contributed by atoms with Gasteiger partial charge in [0.15, 0.2) is 0 Å². The number of aromatic nitrogens is 2. The van der Waals surface area contributed by atoms with Crippen LogP contribution in [0.25, 0.3) is 5.69 Å². The Kier molecular flexibility index (Phi) is 2.98. The minimum atomic E-state index is -0.927. The van der Waals surface area contributed by atoms with Crippen LogP contribution in [0.15, 0.2) is 36.7 Å². The first-order valence-electron chi connectivity index (χ1n) is 5.57. The largest absolute Gasteiger partial charge is 0.385 e. The summed E-state index contributed by atoms with van der Waals surface area (Å²) in [5.41, 5.74) is 0.137. The zero-order chi connectivity index (χ0) is 12.5. The Morgan fingerprint density at radius 3 is 2.76 bits per heavy atom. The van der Waals surface area contributed by atoms with Crippen molar-refractivity contribution >= 4 is 0 Å². The second-order valence-electron chi connectivity index (χ2n) is 4.25. The van der Waals surface area contributed by atoms with E-state index in [1.165, 1.54) is 10.7 Å². The molecule has 2 rings (SSSR count). The predicted octanol–water partition coefficient (Wildman–Crippen LogP) is 2.63. The lowest BCUT2D eigenvalue weighted by molar-refractivity contribution is 0.0530. The average Bonchev–Trinajstić information content (AvgIpc) is 2.79. The zero-order valence-electron chi connectivity index (χ0n) is 9.89. The van der Waals surface area contributed by atoms with E-state index in [1.54, 1.807) is 37.5 Å². The SMILES string of the molecule is CCC(C)(O)c1cnn(-c2ccccc2F)c1. The molecule has 0 fully saturated rings. The molecule has 0 aliphatic heterocycles. The lowest BCUT2D eigenvalue weighted by atomic mass is 9.97. The van der Waals surface area contributed by atoms with E-state index in [0.717, 1.165) is 0 Å². The van der Waals surface area contributed by atoms with E-state index in [9.17, 15) is 9.50 Å². The fourth-order valence-corrected chi connectivity index (χ4v) is 1.57. The Labute approximate surface area is 99.5 Å². The van der Waals surface area contributed by atoms with Gasteiger partial charge in [-0.05, 0) is 25.5 Å². The molecule has 2 aromatic rings. The molecule has 0 amide bonds. The second-order valence-corrected chi connectivity index (χ2v) is 4.25. The van der Waals surface area contributed by atoms with Gasteiger partial charge in [-0.25, -0.2) is 9.07 Å². The van der Waals surface area contributed by atoms with Crippen molar-refractivity contribution in [2.75, 3.05) is 0 Å². The van der Waals surface area contributed by atoms with Crippen molar-refractivity contribution < 1.29 is 9.50 Å². The first kappa shape index (κ1) is 11.8. The van der Waals surface area contributed by atoms with Crippen molar-refractivity contribution in [3.8, 4) is 5.69 Å². The number of nitrogens with zero attached hydrogens (tertiary/aromatic N) is 2. The molecule has 0 spiro atoms. The predicted molar refractivity (Wildman–Crippen MR) is 63.4 cm³/mol. The van der Waals surface area contributed by atoms with Gasteiger partial charge < -0.3 is 5.11 Å². The summed E-state index contributed by atoms with van der Waals surface area (Å²) >= 11 is 0. The monoisotopic (exact) mass is 234 g/mol. The molecule has 3 nitrogen and oxygen atoms in total. The molecule has 0 saturated heterocycles. The fourth-order valence-electron chi connectivity index (χ4n) is 1.57. The van der Waals surface area contributed by atoms with Gasteiger partial charge in [-0.3, -0.25) is 0 Å². The summed E-state index contributed by atoms with van der Waals surface area (Å²) in [6.07, 6.45) is 3.80. The van der Waals surface area contributed by atoms with E-state index < -0.39 is 5.60 Å². The third-order valence-electron chi connectivity index (χ3n) is 2.99. The molecule has 1 unspecified atom stereocenters. The number of rotatable bonds is 3. The van der Waals surface area contributed by atoms with Crippen LogP contribution in [-0.4, -0.2) is 14.9 Å². The summed E-state index contributed by atoms with van der Waals surface area (Å²) < 4.78 is 15.0. The summed E-state index contributed by atoms with van der Waals surface area (Å²) in [4.78, 5) is 0. The average molecular weight is 234 g/mol. The van der Waals surface area contributed by atoms with E-state index in [2.05, 4.69) is 5.10 Å². The van der Waals surface area contributed by atoms with Gasteiger partial charge in [0.05, 0.1) is 11.8 Å². The Balaban J connectivity index is 2.40. The Morgan fingerprint density at radius 1 is 1.41 bits per heavy atom. The van der Waals surface area contributed by atoms with Crippen LogP contribution in [0, 0.1) is 5.82 Å². The van der Waals surface area contributed by atoms with Gasteiger partial charge in [-0.2, -0.15) is 5.10 Å². The summed E-state index contributed by atoms with van der Waals surface area (Å²) in [5.74, 6) is -0.335. The number of para-hydroxylation sites is 1. The highest BCUT2D eigenvalue weighted by molar-refractivity contribution is 5.33. The highest BCUT2D eigenvalue weighted by atomic mass is 19.1. The fraction of sp³-hybridized carbons (Fsp3) is 0.308. The smallest absolute Gasteiger partial charge is 0.148 e. The van der Waals surface area contributed by atoms with Crippen molar-refractivity contribution in [3.63, 3.8) is 0 Å². The van der Waals surface area contributed by atoms with Gasteiger partial charge >= 0.3 is 0 Å². The molecule has 4 heteroatoms. The van der Waals surface area contributed by atoms with Crippen LogP contribution in [0.2, 0.25) is 0 Å². The summed E-state index contributed by atoms with van der Waals surface area (Å²) in [6.45, 7) is 3.61. The van der Waals surface area contributed by atoms with E-state index in [4.69, 9.17) is 0 Å². The molecule has 90 valence electrons. The summed E-state index contributed by atoms with van der Waals surface area (Å²) in [5, 5.41) is 14.2. The Bertz CT molecular complexity index is 520. The minimum Gasteiger partial charge on any atom is -0.385 e. The van der Waals surface area contributed by atoms with Gasteiger partial charge in [0.1, 0.15) is 11.5 Å². The van der Waals surface area contributed by atoms with Gasteiger partial charge in [0.2, 0.25) is 0 Å². The van der Waals surface area contributed by atoms with Crippen LogP contribution in [0.1, 0.15) is 25.8 Å². The molecular weight excluding hydrogens is 219 g/mol. The maximum atomic E-state index is 13.5. The number of aliphatic hydroxyl groups is 1. The van der Waals surface area contributed by atoms with Crippen LogP contribution >= 0.6 is 0 Å². The maximum absolute atomic E-state index is 13.5. The molecule has 1 N–H and O–H groups in total. The van der Waals surface area contributed by atoms with Crippen LogP contribution in [0.5, 0.6) is 0 Å². The van der Waals surface area contributed by atoms with E-state index in [0.29, 0.717) is 17.7 Å². The third kappa shape index (κ3) is 2.22. The zero-order valence-corrected chi connectivity index (χ0v) is 9.89. The molecule has 0 radical (unpaired) electrons. The van der Waals surface area contributed by atoms with Crippen molar-refractivity contribution in [2.24, 2.45) is 0 Å². The molecule has 17 heavy (non-hydrogen) atoms. The highest BCUT2D eigenvalue weighted by Gasteiger charge is 2.22. The topological polar surface area (TPSA) is 38.1 Å². The van der Waals surface area contributed by atoms with Gasteiger partial charge in [-0.1, -0.05) is 19.1 Å². The molecule has 1 aromatic carbocycles. The lowest BCUT2D eigenvalue weighted by Gasteiger charge is -2.18. The van der Waals surface area contributed by atoms with E-state index in [1.807, 2.05) is 6.92 Å². The van der Waals surface area contributed by atoms with Gasteiger partial charge in [0, 0.05) is 11.8 Å². The molecule has 1 atom stereocenters. The first-order valence-corrected chi connectivity index (χ1v) is 5.57. The summed E-state index contributed by atoms with van der Waals surface area (Å²) in [6, 6.07) is 6.41. The third-order valence-corrected chi connectivity index (χ3v) is 2.99. The second kappa shape index (κ2) is 4.30. The lowest BCUT2D eigenvalue weighted by Crippen LogP contribution is -2.18. The molecule has 0 aliphatic rings. The van der Waals surface area contributed by atoms with Crippen molar-refractivity contribution in [3.05, 3.63) is 48.0 Å². The quantitative estimate of drug-likeness (QED) is 0.886. The number of hydrogen-bond acceptors (Lipinski definition) is 2. The number of hydrogen-bond donors (Lipinski definition) is 1. The molecule has 1 aromatic heterocycles. The highest BCUT2D eigenvalue weighted by Crippen LogP contribution is 2.24.